The highest BCUT2D eigenvalue weighted by molar-refractivity contribution is 4.70. The minimum Gasteiger partial charge on any atom is -0.379 e. The second-order valence-corrected chi connectivity index (χ2v) is 2.95. The first kappa shape index (κ1) is 9.45. The van der Waals surface area contributed by atoms with E-state index in [2.05, 4.69) is 4.85 Å². The molecular weight excluding hydrogens is 126 g/mol. The summed E-state index contributed by atoms with van der Waals surface area (Å²) in [7, 11) is 1.71. The molecule has 0 fully saturated rings. The van der Waals surface area contributed by atoms with Crippen LogP contribution in [0.5, 0.6) is 0 Å². The average Bonchev–Trinajstić information content (AvgIpc) is 1.89. The topological polar surface area (TPSA) is 13.6 Å². The molecule has 0 unspecified atom stereocenters. The third kappa shape index (κ3) is 4.34. The van der Waals surface area contributed by atoms with Gasteiger partial charge in [0, 0.05) is 13.5 Å². The van der Waals surface area contributed by atoms with E-state index in [9.17, 15) is 0 Å². The van der Waals surface area contributed by atoms with Crippen LogP contribution in [0.2, 0.25) is 0 Å². The molecule has 0 aliphatic carbocycles. The molecule has 2 heteroatoms. The van der Waals surface area contributed by atoms with Crippen LogP contribution in [0.15, 0.2) is 0 Å². The van der Waals surface area contributed by atoms with Gasteiger partial charge in [0.25, 0.3) is 0 Å². The maximum atomic E-state index is 6.55. The van der Waals surface area contributed by atoms with Crippen molar-refractivity contribution in [3.8, 4) is 0 Å². The lowest BCUT2D eigenvalue weighted by Gasteiger charge is -2.21. The SMILES string of the molecule is [C-]#[N+]CCCC(C)(C)OC. The van der Waals surface area contributed by atoms with Crippen LogP contribution in [0.1, 0.15) is 26.7 Å². The van der Waals surface area contributed by atoms with Crippen molar-refractivity contribution in [3.05, 3.63) is 11.4 Å². The quantitative estimate of drug-likeness (QED) is 0.432. The maximum absolute atomic E-state index is 6.55. The average molecular weight is 141 g/mol. The van der Waals surface area contributed by atoms with Gasteiger partial charge in [0.05, 0.1) is 5.60 Å². The third-order valence-corrected chi connectivity index (χ3v) is 1.60. The van der Waals surface area contributed by atoms with Gasteiger partial charge < -0.3 is 9.58 Å². The van der Waals surface area contributed by atoms with Crippen molar-refractivity contribution in [1.82, 2.24) is 0 Å². The van der Waals surface area contributed by atoms with Crippen LogP contribution in [-0.4, -0.2) is 19.3 Å². The molecule has 0 amide bonds. The van der Waals surface area contributed by atoms with E-state index in [4.69, 9.17) is 11.3 Å². The Balaban J connectivity index is 3.39. The van der Waals surface area contributed by atoms with Gasteiger partial charge in [0.1, 0.15) is 0 Å². The Morgan fingerprint density at radius 3 is 2.50 bits per heavy atom. The van der Waals surface area contributed by atoms with Crippen molar-refractivity contribution in [2.45, 2.75) is 32.3 Å². The molecule has 10 heavy (non-hydrogen) atoms. The molecule has 0 atom stereocenters. The molecule has 58 valence electrons. The highest BCUT2D eigenvalue weighted by Crippen LogP contribution is 2.14. The fourth-order valence-electron chi connectivity index (χ4n) is 0.686. The Bertz CT molecular complexity index is 124. The smallest absolute Gasteiger partial charge is 0.214 e. The number of hydrogen-bond donors (Lipinski definition) is 0. The van der Waals surface area contributed by atoms with Gasteiger partial charge in [0.15, 0.2) is 0 Å². The van der Waals surface area contributed by atoms with Crippen LogP contribution in [0.4, 0.5) is 0 Å². The standard InChI is InChI=1S/C8H15NO/c1-8(2,10-4)6-5-7-9-3/h5-7H2,1-2,4H3. The second-order valence-electron chi connectivity index (χ2n) is 2.95. The molecule has 0 saturated carbocycles. The summed E-state index contributed by atoms with van der Waals surface area (Å²) in [6, 6.07) is 0. The molecule has 0 aliphatic heterocycles. The van der Waals surface area contributed by atoms with Crippen LogP contribution in [0, 0.1) is 6.57 Å². The molecule has 0 spiro atoms. The van der Waals surface area contributed by atoms with Crippen molar-refractivity contribution >= 4 is 0 Å². The summed E-state index contributed by atoms with van der Waals surface area (Å²) in [5.41, 5.74) is -0.0509. The molecule has 0 aliphatic rings. The number of ether oxygens (including phenoxy) is 1. The summed E-state index contributed by atoms with van der Waals surface area (Å²) in [5, 5.41) is 0. The van der Waals surface area contributed by atoms with Crippen molar-refractivity contribution in [1.29, 1.82) is 0 Å². The fourth-order valence-corrected chi connectivity index (χ4v) is 0.686. The highest BCUT2D eigenvalue weighted by Gasteiger charge is 2.15. The number of hydrogen-bond acceptors (Lipinski definition) is 1. The van der Waals surface area contributed by atoms with Crippen LogP contribution in [-0.2, 0) is 4.74 Å². The predicted molar refractivity (Wildman–Crippen MR) is 41.8 cm³/mol. The largest absolute Gasteiger partial charge is 0.379 e. The molecule has 0 saturated heterocycles. The van der Waals surface area contributed by atoms with E-state index in [1.807, 2.05) is 13.8 Å². The van der Waals surface area contributed by atoms with Gasteiger partial charge in [-0.15, -0.1) is 0 Å². The summed E-state index contributed by atoms with van der Waals surface area (Å²) < 4.78 is 5.18. The highest BCUT2D eigenvalue weighted by atomic mass is 16.5. The van der Waals surface area contributed by atoms with Gasteiger partial charge in [-0.1, -0.05) is 0 Å². The number of rotatable bonds is 4. The molecular formula is C8H15NO. The zero-order valence-corrected chi connectivity index (χ0v) is 6.98. The lowest BCUT2D eigenvalue weighted by Crippen LogP contribution is -2.22. The van der Waals surface area contributed by atoms with Gasteiger partial charge >= 0.3 is 0 Å². The van der Waals surface area contributed by atoms with Crippen LogP contribution < -0.4 is 0 Å². The maximum Gasteiger partial charge on any atom is 0.214 e. The van der Waals surface area contributed by atoms with Gasteiger partial charge in [-0.3, -0.25) is 0 Å². The normalized spacial score (nSPS) is 11.0. The molecule has 2 nitrogen and oxygen atoms in total. The minimum absolute atomic E-state index is 0.0509. The summed E-state index contributed by atoms with van der Waals surface area (Å²) in [5.74, 6) is 0. The van der Waals surface area contributed by atoms with E-state index in [1.54, 1.807) is 7.11 Å². The lowest BCUT2D eigenvalue weighted by atomic mass is 10.0. The lowest BCUT2D eigenvalue weighted by molar-refractivity contribution is 0.0148. The van der Waals surface area contributed by atoms with Crippen molar-refractivity contribution < 1.29 is 4.74 Å². The van der Waals surface area contributed by atoms with Gasteiger partial charge in [-0.2, -0.15) is 0 Å². The Labute approximate surface area is 63.0 Å². The van der Waals surface area contributed by atoms with Crippen molar-refractivity contribution in [3.63, 3.8) is 0 Å². The minimum atomic E-state index is -0.0509. The summed E-state index contributed by atoms with van der Waals surface area (Å²) in [6.45, 7) is 11.2. The third-order valence-electron chi connectivity index (χ3n) is 1.60. The van der Waals surface area contributed by atoms with Gasteiger partial charge in [-0.05, 0) is 20.3 Å². The second kappa shape index (κ2) is 4.29. The van der Waals surface area contributed by atoms with Crippen LogP contribution >= 0.6 is 0 Å². The first-order chi connectivity index (χ1) is 4.62. The predicted octanol–water partition coefficient (Wildman–Crippen LogP) is 2.11. The molecule has 0 rings (SSSR count). The number of methoxy groups -OCH3 is 1. The molecule has 0 aromatic heterocycles. The van der Waals surface area contributed by atoms with Crippen LogP contribution in [0.3, 0.4) is 0 Å². The Morgan fingerprint density at radius 2 is 2.10 bits per heavy atom. The van der Waals surface area contributed by atoms with Crippen LogP contribution in [0.25, 0.3) is 4.85 Å². The van der Waals surface area contributed by atoms with E-state index in [1.165, 1.54) is 0 Å². The van der Waals surface area contributed by atoms with E-state index in [-0.39, 0.29) is 5.60 Å². The zero-order valence-electron chi connectivity index (χ0n) is 6.98. The Hall–Kier alpha value is -0.550. The summed E-state index contributed by atoms with van der Waals surface area (Å²) >= 11 is 0. The van der Waals surface area contributed by atoms with E-state index in [0.717, 1.165) is 12.8 Å². The van der Waals surface area contributed by atoms with Crippen molar-refractivity contribution in [2.24, 2.45) is 0 Å². The van der Waals surface area contributed by atoms with Gasteiger partial charge in [0.2, 0.25) is 6.54 Å². The molecule has 0 radical (unpaired) electrons. The zero-order chi connectivity index (χ0) is 8.04. The molecule has 0 heterocycles. The molecule has 0 aromatic rings. The first-order valence-electron chi connectivity index (χ1n) is 3.51. The Kier molecular flexibility index (Phi) is 4.06. The fraction of sp³-hybridized carbons (Fsp3) is 0.875. The first-order valence-corrected chi connectivity index (χ1v) is 3.51. The van der Waals surface area contributed by atoms with E-state index in [0.29, 0.717) is 6.54 Å². The summed E-state index contributed by atoms with van der Waals surface area (Å²) in [6.07, 6.45) is 1.90. The van der Waals surface area contributed by atoms with Gasteiger partial charge in [-0.25, -0.2) is 6.57 Å². The monoisotopic (exact) mass is 141 g/mol. The van der Waals surface area contributed by atoms with E-state index >= 15 is 0 Å². The number of nitrogens with zero attached hydrogens (tertiary/aromatic N) is 1. The Morgan fingerprint density at radius 1 is 1.50 bits per heavy atom. The van der Waals surface area contributed by atoms with Crippen molar-refractivity contribution in [2.75, 3.05) is 13.7 Å². The molecule has 0 bridgehead atoms. The van der Waals surface area contributed by atoms with E-state index < -0.39 is 0 Å². The molecule has 0 aromatic carbocycles. The molecule has 0 N–H and O–H groups in total. The summed E-state index contributed by atoms with van der Waals surface area (Å²) in [4.78, 5) is 3.27.